The highest BCUT2D eigenvalue weighted by molar-refractivity contribution is 6.06. The van der Waals surface area contributed by atoms with Crippen molar-refractivity contribution in [3.05, 3.63) is 71.0 Å². The molecule has 1 unspecified atom stereocenters. The van der Waals surface area contributed by atoms with Crippen molar-refractivity contribution in [3.8, 4) is 11.3 Å². The lowest BCUT2D eigenvalue weighted by Crippen LogP contribution is -2.20. The lowest BCUT2D eigenvalue weighted by molar-refractivity contribution is -0.141. The number of halogens is 3. The number of nitrogens with zero attached hydrogens (tertiary/aromatic N) is 2. The molecule has 7 nitrogen and oxygen atoms in total. The van der Waals surface area contributed by atoms with Gasteiger partial charge in [0.15, 0.2) is 0 Å². The summed E-state index contributed by atoms with van der Waals surface area (Å²) in [5, 5.41) is 13.1. The van der Waals surface area contributed by atoms with Gasteiger partial charge in [-0.1, -0.05) is 12.1 Å². The van der Waals surface area contributed by atoms with Crippen LogP contribution in [-0.4, -0.2) is 29.1 Å². The van der Waals surface area contributed by atoms with Crippen LogP contribution < -0.4 is 16.4 Å². The Kier molecular flexibility index (Phi) is 6.54. The summed E-state index contributed by atoms with van der Waals surface area (Å²) in [6.45, 7) is 1.78. The van der Waals surface area contributed by atoms with Crippen LogP contribution in [0.25, 0.3) is 11.3 Å². The molecular formula is C22H21F3N6O. The van der Waals surface area contributed by atoms with Gasteiger partial charge in [-0.05, 0) is 43.3 Å². The number of anilines is 2. The Balaban J connectivity index is 2.17. The lowest BCUT2D eigenvalue weighted by atomic mass is 9.99. The first kappa shape index (κ1) is 22.9. The van der Waals surface area contributed by atoms with Crippen molar-refractivity contribution in [1.29, 1.82) is 5.41 Å². The average molecular weight is 442 g/mol. The standard InChI is InChI=1S/C22H21F3N6O/c1-12(27)16-5-3-6-17(29-16)13-9-14(21(32)28-2)15(11-26)18(10-13)30-20-8-4-7-19(31-20)22(23,24)25/h3-12,26H,27H2,1-2H3,(H,28,32)(H,30,31). The van der Waals surface area contributed by atoms with Crippen LogP contribution in [0.2, 0.25) is 0 Å². The van der Waals surface area contributed by atoms with Gasteiger partial charge in [-0.3, -0.25) is 9.78 Å². The maximum atomic E-state index is 13.1. The molecule has 10 heteroatoms. The fraction of sp³-hybridized carbons (Fsp3) is 0.182. The summed E-state index contributed by atoms with van der Waals surface area (Å²) in [5.41, 5.74) is 7.10. The van der Waals surface area contributed by atoms with Gasteiger partial charge >= 0.3 is 6.18 Å². The number of rotatable bonds is 6. The number of benzene rings is 1. The molecule has 0 aliphatic rings. The first-order valence-electron chi connectivity index (χ1n) is 9.58. The van der Waals surface area contributed by atoms with Crippen molar-refractivity contribution >= 4 is 23.6 Å². The van der Waals surface area contributed by atoms with Gasteiger partial charge in [-0.25, -0.2) is 4.98 Å². The molecule has 166 valence electrons. The number of nitrogens with one attached hydrogen (secondary N) is 3. The molecule has 0 radical (unpaired) electrons. The first-order chi connectivity index (χ1) is 15.1. The summed E-state index contributed by atoms with van der Waals surface area (Å²) in [5.74, 6) is -0.547. The van der Waals surface area contributed by atoms with E-state index in [1.165, 1.54) is 19.2 Å². The van der Waals surface area contributed by atoms with E-state index in [2.05, 4.69) is 20.6 Å². The van der Waals surface area contributed by atoms with Crippen LogP contribution in [0.3, 0.4) is 0 Å². The summed E-state index contributed by atoms with van der Waals surface area (Å²) >= 11 is 0. The van der Waals surface area contributed by atoms with Gasteiger partial charge in [-0.2, -0.15) is 13.2 Å². The minimum Gasteiger partial charge on any atom is -0.355 e. The molecule has 0 saturated heterocycles. The topological polar surface area (TPSA) is 117 Å². The molecule has 1 aromatic carbocycles. The van der Waals surface area contributed by atoms with Crippen LogP contribution in [0.4, 0.5) is 24.7 Å². The quantitative estimate of drug-likeness (QED) is 0.425. The van der Waals surface area contributed by atoms with Gasteiger partial charge in [0.05, 0.1) is 17.0 Å². The van der Waals surface area contributed by atoms with E-state index in [0.717, 1.165) is 12.3 Å². The molecule has 0 aliphatic carbocycles. The normalized spacial score (nSPS) is 12.2. The van der Waals surface area contributed by atoms with Crippen molar-refractivity contribution in [2.24, 2.45) is 5.73 Å². The Labute approximate surface area is 182 Å². The van der Waals surface area contributed by atoms with Crippen molar-refractivity contribution in [1.82, 2.24) is 15.3 Å². The van der Waals surface area contributed by atoms with E-state index in [-0.39, 0.29) is 28.7 Å². The summed E-state index contributed by atoms with van der Waals surface area (Å²) in [6, 6.07) is 11.6. The minimum atomic E-state index is -4.61. The van der Waals surface area contributed by atoms with Crippen molar-refractivity contribution in [2.45, 2.75) is 19.1 Å². The van der Waals surface area contributed by atoms with E-state index in [1.807, 2.05) is 0 Å². The van der Waals surface area contributed by atoms with Crippen LogP contribution in [0.5, 0.6) is 0 Å². The van der Waals surface area contributed by atoms with E-state index in [9.17, 15) is 18.0 Å². The number of carbonyl (C=O) groups excluding carboxylic acids is 1. The van der Waals surface area contributed by atoms with Gasteiger partial charge in [0.1, 0.15) is 11.5 Å². The van der Waals surface area contributed by atoms with Gasteiger partial charge in [0.2, 0.25) is 0 Å². The number of hydrogen-bond acceptors (Lipinski definition) is 6. The van der Waals surface area contributed by atoms with E-state index in [4.69, 9.17) is 11.1 Å². The second-order valence-electron chi connectivity index (χ2n) is 6.98. The predicted octanol–water partition coefficient (Wildman–Crippen LogP) is 4.28. The number of nitrogens with two attached hydrogens (primary N) is 1. The van der Waals surface area contributed by atoms with Gasteiger partial charge in [0.25, 0.3) is 5.91 Å². The molecule has 0 aliphatic heterocycles. The summed E-state index contributed by atoms with van der Waals surface area (Å²) < 4.78 is 39.2. The highest BCUT2D eigenvalue weighted by Gasteiger charge is 2.32. The van der Waals surface area contributed by atoms with Crippen LogP contribution in [0.1, 0.15) is 40.3 Å². The summed E-state index contributed by atoms with van der Waals surface area (Å²) in [7, 11) is 1.44. The third kappa shape index (κ3) is 4.92. The largest absolute Gasteiger partial charge is 0.433 e. The van der Waals surface area contributed by atoms with Gasteiger partial charge in [-0.15, -0.1) is 0 Å². The fourth-order valence-corrected chi connectivity index (χ4v) is 3.05. The second-order valence-corrected chi connectivity index (χ2v) is 6.98. The summed E-state index contributed by atoms with van der Waals surface area (Å²) in [6.07, 6.45) is -3.66. The van der Waals surface area contributed by atoms with Crippen LogP contribution in [0.15, 0.2) is 48.5 Å². The first-order valence-corrected chi connectivity index (χ1v) is 9.58. The minimum absolute atomic E-state index is 0.0831. The number of amides is 1. The number of hydrogen-bond donors (Lipinski definition) is 4. The molecule has 1 atom stereocenters. The third-order valence-electron chi connectivity index (χ3n) is 4.63. The zero-order valence-electron chi connectivity index (χ0n) is 17.3. The Bertz CT molecular complexity index is 1160. The van der Waals surface area contributed by atoms with Crippen LogP contribution in [-0.2, 0) is 6.18 Å². The van der Waals surface area contributed by atoms with Crippen LogP contribution in [0, 0.1) is 5.41 Å². The Morgan fingerprint density at radius 2 is 1.88 bits per heavy atom. The highest BCUT2D eigenvalue weighted by Crippen LogP contribution is 2.32. The van der Waals surface area contributed by atoms with Gasteiger partial charge < -0.3 is 21.8 Å². The molecule has 1 amide bonds. The Morgan fingerprint density at radius 1 is 1.16 bits per heavy atom. The number of pyridine rings is 2. The molecule has 3 rings (SSSR count). The molecule has 2 heterocycles. The van der Waals surface area contributed by atoms with Crippen LogP contribution >= 0.6 is 0 Å². The molecule has 5 N–H and O–H groups in total. The van der Waals surface area contributed by atoms with Crippen molar-refractivity contribution < 1.29 is 18.0 Å². The predicted molar refractivity (Wildman–Crippen MR) is 116 cm³/mol. The number of aromatic nitrogens is 2. The van der Waals surface area contributed by atoms with E-state index in [0.29, 0.717) is 17.0 Å². The number of carbonyl (C=O) groups is 1. The molecular weight excluding hydrogens is 421 g/mol. The fourth-order valence-electron chi connectivity index (χ4n) is 3.05. The smallest absolute Gasteiger partial charge is 0.355 e. The molecule has 0 fully saturated rings. The lowest BCUT2D eigenvalue weighted by Gasteiger charge is -2.16. The second kappa shape index (κ2) is 9.15. The molecule has 32 heavy (non-hydrogen) atoms. The molecule has 0 bridgehead atoms. The number of alkyl halides is 3. The Morgan fingerprint density at radius 3 is 2.50 bits per heavy atom. The molecule has 0 spiro atoms. The molecule has 0 saturated carbocycles. The average Bonchev–Trinajstić information content (AvgIpc) is 2.77. The van der Waals surface area contributed by atoms with E-state index < -0.39 is 17.8 Å². The van der Waals surface area contributed by atoms with Crippen molar-refractivity contribution in [2.75, 3.05) is 12.4 Å². The maximum Gasteiger partial charge on any atom is 0.433 e. The molecule has 2 aromatic heterocycles. The molecule has 3 aromatic rings. The summed E-state index contributed by atoms with van der Waals surface area (Å²) in [4.78, 5) is 20.6. The SMILES string of the molecule is CNC(=O)c1cc(-c2cccc(C(C)N)n2)cc(Nc2cccc(C(F)(F)F)n2)c1C=N. The highest BCUT2D eigenvalue weighted by atomic mass is 19.4. The van der Waals surface area contributed by atoms with Gasteiger partial charge in [0, 0.05) is 36.1 Å². The monoisotopic (exact) mass is 442 g/mol. The third-order valence-corrected chi connectivity index (χ3v) is 4.63. The van der Waals surface area contributed by atoms with E-state index in [1.54, 1.807) is 37.3 Å². The maximum absolute atomic E-state index is 13.1. The van der Waals surface area contributed by atoms with E-state index >= 15 is 0 Å². The zero-order chi connectivity index (χ0) is 23.5. The van der Waals surface area contributed by atoms with Crippen molar-refractivity contribution in [3.63, 3.8) is 0 Å². The zero-order valence-corrected chi connectivity index (χ0v) is 17.3. The Hall–Kier alpha value is -3.79.